The zero-order valence-electron chi connectivity index (χ0n) is 16.9. The molecule has 0 bridgehead atoms. The molecule has 2 aliphatic heterocycles. The molecule has 1 unspecified atom stereocenters. The molecule has 146 valence electrons. The lowest BCUT2D eigenvalue weighted by atomic mass is 9.83. The number of nitrogens with zero attached hydrogens (tertiary/aromatic N) is 1. The number of para-hydroxylation sites is 1. The van der Waals surface area contributed by atoms with Gasteiger partial charge in [0.1, 0.15) is 12.5 Å². The number of ether oxygens (including phenoxy) is 1. The average molecular weight is 372 g/mol. The number of allylic oxidation sites excluding steroid dienone is 1. The molecule has 3 rings (SSSR count). The van der Waals surface area contributed by atoms with Gasteiger partial charge in [-0.3, -0.25) is 9.59 Å². The van der Waals surface area contributed by atoms with Crippen LogP contribution in [0.3, 0.4) is 0 Å². The molecule has 0 amide bonds. The summed E-state index contributed by atoms with van der Waals surface area (Å²) in [6, 6.07) is 8.31. The van der Waals surface area contributed by atoms with Crippen molar-refractivity contribution < 1.29 is 19.2 Å². The van der Waals surface area contributed by atoms with E-state index in [1.807, 2.05) is 26.1 Å². The second-order valence-electron chi connectivity index (χ2n) is 8.17. The van der Waals surface area contributed by atoms with Gasteiger partial charge >= 0.3 is 5.97 Å². The molecule has 1 fully saturated rings. The Balaban J connectivity index is 1.69. The van der Waals surface area contributed by atoms with Gasteiger partial charge < -0.3 is 14.5 Å². The lowest BCUT2D eigenvalue weighted by molar-refractivity contribution is -0.899. The molecule has 1 aromatic rings. The number of ketones is 1. The Kier molecular flexibility index (Phi) is 5.70. The van der Waals surface area contributed by atoms with Gasteiger partial charge in [0.2, 0.25) is 5.78 Å². The fourth-order valence-electron chi connectivity index (χ4n) is 4.48. The Labute approximate surface area is 162 Å². The number of rotatable bonds is 5. The van der Waals surface area contributed by atoms with Crippen LogP contribution < -0.4 is 9.80 Å². The maximum absolute atomic E-state index is 12.8. The normalized spacial score (nSPS) is 25.3. The molecule has 2 aliphatic rings. The fourth-order valence-corrected chi connectivity index (χ4v) is 4.48. The Bertz CT molecular complexity index is 754. The summed E-state index contributed by atoms with van der Waals surface area (Å²) in [6.45, 7) is 8.63. The molecule has 0 saturated carbocycles. The van der Waals surface area contributed by atoms with Gasteiger partial charge in [0, 0.05) is 29.9 Å². The van der Waals surface area contributed by atoms with Crippen molar-refractivity contribution in [3.05, 3.63) is 41.6 Å². The van der Waals surface area contributed by atoms with Crippen LogP contribution in [-0.4, -0.2) is 45.0 Å². The van der Waals surface area contributed by atoms with Crippen molar-refractivity contribution in [1.29, 1.82) is 0 Å². The second-order valence-corrected chi connectivity index (χ2v) is 8.17. The third-order valence-corrected chi connectivity index (χ3v) is 5.90. The van der Waals surface area contributed by atoms with E-state index in [4.69, 9.17) is 4.74 Å². The van der Waals surface area contributed by atoms with Crippen molar-refractivity contribution >= 4 is 17.4 Å². The summed E-state index contributed by atoms with van der Waals surface area (Å²) in [5.41, 5.74) is 3.26. The summed E-state index contributed by atoms with van der Waals surface area (Å²) < 4.78 is 5.16. The van der Waals surface area contributed by atoms with Crippen LogP contribution in [0.15, 0.2) is 36.0 Å². The molecule has 0 spiro atoms. The summed E-state index contributed by atoms with van der Waals surface area (Å²) >= 11 is 0. The van der Waals surface area contributed by atoms with Crippen molar-refractivity contribution in [3.8, 4) is 0 Å². The minimum atomic E-state index is -0.189. The minimum absolute atomic E-state index is 0.0796. The molecule has 2 heterocycles. The molecule has 0 aromatic heterocycles. The maximum atomic E-state index is 12.8. The fraction of sp³-hybridized carbons (Fsp3) is 0.545. The van der Waals surface area contributed by atoms with Crippen LogP contribution in [0.5, 0.6) is 0 Å². The summed E-state index contributed by atoms with van der Waals surface area (Å²) in [4.78, 5) is 28.1. The van der Waals surface area contributed by atoms with E-state index in [-0.39, 0.29) is 23.1 Å². The van der Waals surface area contributed by atoms with Gasteiger partial charge in [-0.2, -0.15) is 0 Å². The summed E-state index contributed by atoms with van der Waals surface area (Å²) in [7, 11) is 2.03. The lowest BCUT2D eigenvalue weighted by Gasteiger charge is -2.28. The predicted molar refractivity (Wildman–Crippen MR) is 106 cm³/mol. The van der Waals surface area contributed by atoms with Crippen LogP contribution in [0.4, 0.5) is 5.69 Å². The van der Waals surface area contributed by atoms with Gasteiger partial charge in [0.25, 0.3) is 0 Å². The SMILES string of the molecule is CCOC(=O)[C@@H]1CCC[NH+](CC(=O)/C=C2/N(C)c3ccccc3C2(C)C)C1. The van der Waals surface area contributed by atoms with Crippen LogP contribution in [0.2, 0.25) is 0 Å². The topological polar surface area (TPSA) is 51.1 Å². The number of hydrogen-bond acceptors (Lipinski definition) is 4. The number of esters is 1. The molecule has 2 atom stereocenters. The highest BCUT2D eigenvalue weighted by atomic mass is 16.5. The third-order valence-electron chi connectivity index (χ3n) is 5.90. The highest BCUT2D eigenvalue weighted by Gasteiger charge is 2.39. The van der Waals surface area contributed by atoms with Crippen molar-refractivity contribution in [2.45, 2.75) is 39.0 Å². The molecule has 1 aromatic carbocycles. The quantitative estimate of drug-likeness (QED) is 0.633. The first kappa shape index (κ1) is 19.6. The Morgan fingerprint density at radius 1 is 1.33 bits per heavy atom. The van der Waals surface area contributed by atoms with Gasteiger partial charge in [0.15, 0.2) is 0 Å². The monoisotopic (exact) mass is 371 g/mol. The Morgan fingerprint density at radius 3 is 2.78 bits per heavy atom. The zero-order valence-corrected chi connectivity index (χ0v) is 16.9. The van der Waals surface area contributed by atoms with E-state index in [0.717, 1.165) is 30.8 Å². The molecule has 5 nitrogen and oxygen atoms in total. The number of nitrogens with one attached hydrogen (secondary N) is 1. The van der Waals surface area contributed by atoms with E-state index in [2.05, 4.69) is 30.9 Å². The van der Waals surface area contributed by atoms with Crippen LogP contribution >= 0.6 is 0 Å². The number of fused-ring (bicyclic) bond motifs is 1. The highest BCUT2D eigenvalue weighted by Crippen LogP contribution is 2.46. The van der Waals surface area contributed by atoms with Crippen molar-refractivity contribution in [3.63, 3.8) is 0 Å². The molecule has 0 radical (unpaired) electrons. The van der Waals surface area contributed by atoms with Gasteiger partial charge in [-0.1, -0.05) is 32.0 Å². The first-order chi connectivity index (χ1) is 12.8. The van der Waals surface area contributed by atoms with Crippen molar-refractivity contribution in [2.75, 3.05) is 38.2 Å². The molecule has 1 saturated heterocycles. The van der Waals surface area contributed by atoms with Gasteiger partial charge in [-0.25, -0.2) is 0 Å². The molecule has 1 N–H and O–H groups in total. The smallest absolute Gasteiger partial charge is 0.314 e. The molecule has 0 aliphatic carbocycles. The second kappa shape index (κ2) is 7.85. The van der Waals surface area contributed by atoms with Crippen LogP contribution in [0.1, 0.15) is 39.2 Å². The average Bonchev–Trinajstić information content (AvgIpc) is 2.83. The van der Waals surface area contributed by atoms with Gasteiger partial charge in [0.05, 0.1) is 19.7 Å². The van der Waals surface area contributed by atoms with E-state index in [9.17, 15) is 9.59 Å². The van der Waals surface area contributed by atoms with E-state index >= 15 is 0 Å². The first-order valence-electron chi connectivity index (χ1n) is 9.93. The van der Waals surface area contributed by atoms with E-state index in [1.54, 1.807) is 6.08 Å². The largest absolute Gasteiger partial charge is 0.466 e. The van der Waals surface area contributed by atoms with E-state index in [0.29, 0.717) is 19.7 Å². The zero-order chi connectivity index (χ0) is 19.6. The van der Waals surface area contributed by atoms with Crippen LogP contribution in [0.25, 0.3) is 0 Å². The Hall–Kier alpha value is -2.14. The predicted octanol–water partition coefficient (Wildman–Crippen LogP) is 1.73. The number of likely N-dealkylation sites (tertiary alicyclic amines) is 1. The molecule has 27 heavy (non-hydrogen) atoms. The minimum Gasteiger partial charge on any atom is -0.466 e. The van der Waals surface area contributed by atoms with Crippen molar-refractivity contribution in [2.24, 2.45) is 5.92 Å². The Morgan fingerprint density at radius 2 is 2.07 bits per heavy atom. The van der Waals surface area contributed by atoms with Crippen LogP contribution in [0, 0.1) is 5.92 Å². The molecular weight excluding hydrogens is 340 g/mol. The summed E-state index contributed by atoms with van der Waals surface area (Å²) in [5, 5.41) is 0. The van der Waals surface area contributed by atoms with E-state index < -0.39 is 0 Å². The van der Waals surface area contributed by atoms with Crippen molar-refractivity contribution in [1.82, 2.24) is 0 Å². The first-order valence-corrected chi connectivity index (χ1v) is 9.93. The summed E-state index contributed by atoms with van der Waals surface area (Å²) in [6.07, 6.45) is 3.63. The van der Waals surface area contributed by atoms with Crippen LogP contribution in [-0.2, 0) is 19.7 Å². The number of likely N-dealkylation sites (N-methyl/N-ethyl adjacent to an activating group) is 1. The molecular formula is C22H31N2O3+. The molecule has 5 heteroatoms. The number of piperidine rings is 1. The number of quaternary nitrogens is 1. The third kappa shape index (κ3) is 3.93. The number of carbonyl (C=O) groups excluding carboxylic acids is 2. The standard InChI is InChI=1S/C22H30N2O3/c1-5-27-21(26)16-9-8-12-24(14-16)15-17(25)13-20-22(2,3)18-10-6-7-11-19(18)23(20)4/h6-7,10-11,13,16H,5,8-9,12,14-15H2,1-4H3/p+1/b20-13+/t16-/m1/s1. The maximum Gasteiger partial charge on any atom is 0.314 e. The number of anilines is 1. The summed E-state index contributed by atoms with van der Waals surface area (Å²) in [5.74, 6) is -0.0751. The van der Waals surface area contributed by atoms with E-state index in [1.165, 1.54) is 10.5 Å². The van der Waals surface area contributed by atoms with Gasteiger partial charge in [-0.15, -0.1) is 0 Å². The number of carbonyl (C=O) groups is 2. The lowest BCUT2D eigenvalue weighted by Crippen LogP contribution is -3.14. The number of benzene rings is 1. The highest BCUT2D eigenvalue weighted by molar-refractivity contribution is 5.93. The van der Waals surface area contributed by atoms with Gasteiger partial charge in [-0.05, 0) is 31.4 Å². The number of hydrogen-bond donors (Lipinski definition) is 1.